The summed E-state index contributed by atoms with van der Waals surface area (Å²) in [6.07, 6.45) is 1.55. The topological polar surface area (TPSA) is 45.5 Å². The molecule has 5 heteroatoms. The number of nitrogens with zero attached hydrogens (tertiary/aromatic N) is 1. The van der Waals surface area contributed by atoms with Crippen LogP contribution < -0.4 is 5.32 Å². The summed E-state index contributed by atoms with van der Waals surface area (Å²) in [5.74, 6) is 0.643. The summed E-state index contributed by atoms with van der Waals surface area (Å²) >= 11 is 6.30. The number of rotatable bonds is 2. The maximum absolute atomic E-state index is 12.8. The fraction of sp³-hybridized carbons (Fsp3) is 0.312. The Morgan fingerprint density at radius 1 is 1.38 bits per heavy atom. The molecule has 0 saturated carbocycles. The molecular formula is C16H17ClN2O2. The lowest BCUT2D eigenvalue weighted by Gasteiger charge is -2.36. The summed E-state index contributed by atoms with van der Waals surface area (Å²) < 4.78 is 5.25. The summed E-state index contributed by atoms with van der Waals surface area (Å²) in [6.45, 7) is 3.94. The SMILES string of the molecule is Cc1occc1C(=O)N1CCNCC1c1ccccc1Cl. The van der Waals surface area contributed by atoms with E-state index in [0.717, 1.165) is 12.1 Å². The first-order valence-corrected chi connectivity index (χ1v) is 7.36. The molecule has 1 N–H and O–H groups in total. The van der Waals surface area contributed by atoms with E-state index in [-0.39, 0.29) is 11.9 Å². The van der Waals surface area contributed by atoms with E-state index in [1.807, 2.05) is 29.2 Å². The minimum absolute atomic E-state index is 0.00679. The van der Waals surface area contributed by atoms with Gasteiger partial charge in [-0.25, -0.2) is 0 Å². The third-order valence-corrected chi connectivity index (χ3v) is 4.20. The molecule has 0 bridgehead atoms. The fourth-order valence-corrected chi connectivity index (χ4v) is 2.99. The molecule has 21 heavy (non-hydrogen) atoms. The Kier molecular flexibility index (Phi) is 3.99. The molecule has 110 valence electrons. The van der Waals surface area contributed by atoms with Gasteiger partial charge in [-0.05, 0) is 24.6 Å². The van der Waals surface area contributed by atoms with Crippen LogP contribution in [0.1, 0.15) is 27.7 Å². The number of nitrogens with one attached hydrogen (secondary N) is 1. The summed E-state index contributed by atoms with van der Waals surface area (Å²) in [5, 5.41) is 4.02. The molecule has 4 nitrogen and oxygen atoms in total. The zero-order valence-corrected chi connectivity index (χ0v) is 12.6. The zero-order chi connectivity index (χ0) is 14.8. The van der Waals surface area contributed by atoms with Crippen LogP contribution in [0.2, 0.25) is 5.02 Å². The molecule has 0 aliphatic carbocycles. The standard InChI is InChI=1S/C16H17ClN2O2/c1-11-12(6-9-21-11)16(20)19-8-7-18-10-15(19)13-4-2-3-5-14(13)17/h2-6,9,15,18H,7-8,10H2,1H3. The predicted octanol–water partition coefficient (Wildman–Crippen LogP) is 3.03. The molecule has 3 rings (SSSR count). The number of piperazine rings is 1. The molecule has 1 aromatic heterocycles. The molecule has 1 amide bonds. The van der Waals surface area contributed by atoms with Crippen LogP contribution in [0.5, 0.6) is 0 Å². The Morgan fingerprint density at radius 2 is 2.19 bits per heavy atom. The first kappa shape index (κ1) is 14.2. The third kappa shape index (κ3) is 2.69. The van der Waals surface area contributed by atoms with Gasteiger partial charge in [-0.1, -0.05) is 29.8 Å². The van der Waals surface area contributed by atoms with Gasteiger partial charge in [-0.15, -0.1) is 0 Å². The van der Waals surface area contributed by atoms with Crippen LogP contribution in [0.25, 0.3) is 0 Å². The third-order valence-electron chi connectivity index (χ3n) is 3.86. The van der Waals surface area contributed by atoms with Crippen molar-refractivity contribution in [2.24, 2.45) is 0 Å². The summed E-state index contributed by atoms with van der Waals surface area (Å²) in [5.41, 5.74) is 1.59. The number of furan rings is 1. The van der Waals surface area contributed by atoms with Crippen molar-refractivity contribution < 1.29 is 9.21 Å². The Bertz CT molecular complexity index is 653. The number of amides is 1. The van der Waals surface area contributed by atoms with Gasteiger partial charge in [0.25, 0.3) is 5.91 Å². The molecule has 1 aromatic carbocycles. The Morgan fingerprint density at radius 3 is 2.90 bits per heavy atom. The van der Waals surface area contributed by atoms with Crippen LogP contribution in [0.4, 0.5) is 0 Å². The minimum Gasteiger partial charge on any atom is -0.469 e. The average molecular weight is 305 g/mol. The molecule has 1 unspecified atom stereocenters. The molecule has 1 fully saturated rings. The quantitative estimate of drug-likeness (QED) is 0.927. The minimum atomic E-state index is -0.0609. The van der Waals surface area contributed by atoms with Crippen molar-refractivity contribution in [3.8, 4) is 0 Å². The molecule has 0 spiro atoms. The van der Waals surface area contributed by atoms with E-state index in [1.54, 1.807) is 19.3 Å². The largest absolute Gasteiger partial charge is 0.469 e. The average Bonchev–Trinajstić information content (AvgIpc) is 2.93. The highest BCUT2D eigenvalue weighted by Crippen LogP contribution is 2.30. The van der Waals surface area contributed by atoms with Crippen LogP contribution in [-0.2, 0) is 0 Å². The Hall–Kier alpha value is -1.78. The lowest BCUT2D eigenvalue weighted by atomic mass is 10.0. The Labute approximate surface area is 128 Å². The van der Waals surface area contributed by atoms with Crippen LogP contribution in [-0.4, -0.2) is 30.4 Å². The molecule has 1 saturated heterocycles. The van der Waals surface area contributed by atoms with Gasteiger partial charge >= 0.3 is 0 Å². The summed E-state index contributed by atoms with van der Waals surface area (Å²) in [4.78, 5) is 14.6. The molecule has 2 aromatic rings. The first-order valence-electron chi connectivity index (χ1n) is 6.98. The first-order chi connectivity index (χ1) is 10.2. The van der Waals surface area contributed by atoms with Gasteiger partial charge in [-0.2, -0.15) is 0 Å². The van der Waals surface area contributed by atoms with Crippen molar-refractivity contribution >= 4 is 17.5 Å². The Balaban J connectivity index is 1.94. The van der Waals surface area contributed by atoms with Gasteiger partial charge in [0.1, 0.15) is 5.76 Å². The van der Waals surface area contributed by atoms with E-state index in [9.17, 15) is 4.79 Å². The molecule has 2 heterocycles. The molecular weight excluding hydrogens is 288 g/mol. The lowest BCUT2D eigenvalue weighted by molar-refractivity contribution is 0.0632. The summed E-state index contributed by atoms with van der Waals surface area (Å²) in [6, 6.07) is 9.34. The fourth-order valence-electron chi connectivity index (χ4n) is 2.73. The second-order valence-corrected chi connectivity index (χ2v) is 5.54. The molecule has 1 aliphatic rings. The van der Waals surface area contributed by atoms with Crippen LogP contribution in [0, 0.1) is 6.92 Å². The van der Waals surface area contributed by atoms with Gasteiger partial charge < -0.3 is 14.6 Å². The van der Waals surface area contributed by atoms with E-state index in [4.69, 9.17) is 16.0 Å². The zero-order valence-electron chi connectivity index (χ0n) is 11.8. The van der Waals surface area contributed by atoms with E-state index in [1.165, 1.54) is 0 Å². The molecule has 0 radical (unpaired) electrons. The number of carbonyl (C=O) groups is 1. The maximum atomic E-state index is 12.8. The lowest BCUT2D eigenvalue weighted by Crippen LogP contribution is -2.48. The number of carbonyl (C=O) groups excluding carboxylic acids is 1. The highest BCUT2D eigenvalue weighted by Gasteiger charge is 2.30. The van der Waals surface area contributed by atoms with Crippen LogP contribution in [0.3, 0.4) is 0 Å². The van der Waals surface area contributed by atoms with Gasteiger partial charge in [0.05, 0.1) is 17.9 Å². The van der Waals surface area contributed by atoms with Crippen molar-refractivity contribution in [3.63, 3.8) is 0 Å². The highest BCUT2D eigenvalue weighted by atomic mass is 35.5. The van der Waals surface area contributed by atoms with E-state index in [0.29, 0.717) is 29.4 Å². The van der Waals surface area contributed by atoms with Crippen LogP contribution in [0.15, 0.2) is 41.0 Å². The number of aryl methyl sites for hydroxylation is 1. The molecule has 1 aliphatic heterocycles. The normalized spacial score (nSPS) is 18.8. The highest BCUT2D eigenvalue weighted by molar-refractivity contribution is 6.31. The second-order valence-electron chi connectivity index (χ2n) is 5.13. The van der Waals surface area contributed by atoms with E-state index in [2.05, 4.69) is 5.32 Å². The smallest absolute Gasteiger partial charge is 0.257 e. The number of benzene rings is 1. The van der Waals surface area contributed by atoms with Crippen molar-refractivity contribution in [2.75, 3.05) is 19.6 Å². The second kappa shape index (κ2) is 5.92. The van der Waals surface area contributed by atoms with Crippen molar-refractivity contribution in [2.45, 2.75) is 13.0 Å². The number of hydrogen-bond donors (Lipinski definition) is 1. The van der Waals surface area contributed by atoms with Gasteiger partial charge in [0.15, 0.2) is 0 Å². The summed E-state index contributed by atoms with van der Waals surface area (Å²) in [7, 11) is 0. The van der Waals surface area contributed by atoms with Crippen molar-refractivity contribution in [3.05, 3.63) is 58.5 Å². The van der Waals surface area contributed by atoms with Gasteiger partial charge in [0.2, 0.25) is 0 Å². The van der Waals surface area contributed by atoms with Crippen molar-refractivity contribution in [1.29, 1.82) is 0 Å². The molecule has 1 atom stereocenters. The van der Waals surface area contributed by atoms with E-state index >= 15 is 0 Å². The predicted molar refractivity (Wildman–Crippen MR) is 81.5 cm³/mol. The number of hydrogen-bond acceptors (Lipinski definition) is 3. The van der Waals surface area contributed by atoms with Gasteiger partial charge in [0, 0.05) is 24.7 Å². The van der Waals surface area contributed by atoms with E-state index < -0.39 is 0 Å². The van der Waals surface area contributed by atoms with Crippen molar-refractivity contribution in [1.82, 2.24) is 10.2 Å². The van der Waals surface area contributed by atoms with Gasteiger partial charge in [-0.3, -0.25) is 4.79 Å². The monoisotopic (exact) mass is 304 g/mol. The van der Waals surface area contributed by atoms with Crippen LogP contribution >= 0.6 is 11.6 Å². The number of halogens is 1. The maximum Gasteiger partial charge on any atom is 0.257 e.